The van der Waals surface area contributed by atoms with E-state index in [0.717, 1.165) is 20.7 Å². The van der Waals surface area contributed by atoms with Crippen LogP contribution in [0.1, 0.15) is 5.56 Å². The highest BCUT2D eigenvalue weighted by Crippen LogP contribution is 2.29. The Labute approximate surface area is 184 Å². The molecule has 0 saturated heterocycles. The molecule has 10 heteroatoms. The fraction of sp³-hybridized carbons (Fsp3) is 0.0476. The Balaban J connectivity index is 1.48. The predicted octanol–water partition coefficient (Wildman–Crippen LogP) is 4.23. The van der Waals surface area contributed by atoms with Crippen molar-refractivity contribution in [3.8, 4) is 16.4 Å². The summed E-state index contributed by atoms with van der Waals surface area (Å²) in [7, 11) is 0. The van der Waals surface area contributed by atoms with E-state index in [1.54, 1.807) is 42.5 Å². The first kappa shape index (κ1) is 19.3. The lowest BCUT2D eigenvalue weighted by molar-refractivity contribution is 0.894. The van der Waals surface area contributed by atoms with Gasteiger partial charge >= 0.3 is 5.69 Å². The summed E-state index contributed by atoms with van der Waals surface area (Å²) in [4.78, 5) is 32.2. The lowest BCUT2D eigenvalue weighted by Crippen LogP contribution is -2.34. The summed E-state index contributed by atoms with van der Waals surface area (Å²) in [5.74, 6) is 1.08. The zero-order chi connectivity index (χ0) is 21.5. The molecule has 3 N–H and O–H groups in total. The molecule has 0 saturated carbocycles. The maximum atomic E-state index is 12.9. The lowest BCUT2D eigenvalue weighted by Gasteiger charge is -2.11. The summed E-state index contributed by atoms with van der Waals surface area (Å²) in [6.07, 6.45) is 0. The minimum absolute atomic E-state index is 0.363. The maximum Gasteiger partial charge on any atom is 0.333 e. The van der Waals surface area contributed by atoms with Crippen molar-refractivity contribution in [1.29, 1.82) is 0 Å². The maximum absolute atomic E-state index is 12.9. The number of anilines is 2. The van der Waals surface area contributed by atoms with E-state index < -0.39 is 5.69 Å². The molecule has 31 heavy (non-hydrogen) atoms. The highest BCUT2D eigenvalue weighted by Gasteiger charge is 2.13. The number of hydrogen-bond donors (Lipinski definition) is 3. The Morgan fingerprint density at radius 3 is 2.65 bits per heavy atom. The van der Waals surface area contributed by atoms with E-state index in [1.807, 2.05) is 19.1 Å². The van der Waals surface area contributed by atoms with E-state index in [9.17, 15) is 9.59 Å². The second-order valence-electron chi connectivity index (χ2n) is 6.87. The molecule has 154 valence electrons. The van der Waals surface area contributed by atoms with Crippen molar-refractivity contribution in [3.05, 3.63) is 85.3 Å². The van der Waals surface area contributed by atoms with Gasteiger partial charge in [0.05, 0.1) is 25.8 Å². The standard InChI is InChI=1S/C21H15ClN6O2S/c1-11-10-12(23-20-25-18(26-27-20)16-8-9-17(22)31-16)6-7-15(11)28-19(29)13-4-2-3-5-14(13)24-21(28)30/h2-10H,1H3,(H,24,30)(H2,23,25,26,27). The summed E-state index contributed by atoms with van der Waals surface area (Å²) in [6, 6.07) is 15.9. The highest BCUT2D eigenvalue weighted by atomic mass is 35.5. The van der Waals surface area contributed by atoms with Gasteiger partial charge in [-0.2, -0.15) is 0 Å². The van der Waals surface area contributed by atoms with Gasteiger partial charge in [-0.1, -0.05) is 23.7 Å². The van der Waals surface area contributed by atoms with Gasteiger partial charge in [0.15, 0.2) is 5.82 Å². The fourth-order valence-corrected chi connectivity index (χ4v) is 4.36. The minimum Gasteiger partial charge on any atom is -0.324 e. The summed E-state index contributed by atoms with van der Waals surface area (Å²) in [6.45, 7) is 1.83. The Bertz CT molecular complexity index is 1550. The van der Waals surface area contributed by atoms with Gasteiger partial charge < -0.3 is 15.3 Å². The number of halogens is 1. The number of thiophene rings is 1. The zero-order valence-corrected chi connectivity index (χ0v) is 17.7. The Morgan fingerprint density at radius 1 is 1.03 bits per heavy atom. The quantitative estimate of drug-likeness (QED) is 0.379. The molecule has 0 spiro atoms. The number of fused-ring (bicyclic) bond motifs is 1. The van der Waals surface area contributed by atoms with Crippen molar-refractivity contribution in [3.63, 3.8) is 0 Å². The van der Waals surface area contributed by atoms with Crippen molar-refractivity contribution < 1.29 is 0 Å². The van der Waals surface area contributed by atoms with E-state index in [2.05, 4.69) is 25.5 Å². The van der Waals surface area contributed by atoms with Crippen LogP contribution >= 0.6 is 22.9 Å². The summed E-state index contributed by atoms with van der Waals surface area (Å²) in [5.41, 5.74) is 1.66. The molecule has 3 aromatic heterocycles. The summed E-state index contributed by atoms with van der Waals surface area (Å²) in [5, 5.41) is 11.8. The average molecular weight is 451 g/mol. The number of H-pyrrole nitrogens is 2. The number of aromatic amines is 2. The topological polar surface area (TPSA) is 108 Å². The molecule has 0 radical (unpaired) electrons. The van der Waals surface area contributed by atoms with Gasteiger partial charge in [0.2, 0.25) is 5.95 Å². The smallest absolute Gasteiger partial charge is 0.324 e. The lowest BCUT2D eigenvalue weighted by atomic mass is 10.1. The number of aryl methyl sites for hydroxylation is 1. The SMILES string of the molecule is Cc1cc(Nc2nnc(-c3ccc(Cl)s3)[nH]2)ccc1-n1c(=O)[nH]c2ccccc2c1=O. The first-order chi connectivity index (χ1) is 15.0. The van der Waals surface area contributed by atoms with Crippen LogP contribution in [0.3, 0.4) is 0 Å². The van der Waals surface area contributed by atoms with Gasteiger partial charge in [-0.25, -0.2) is 9.36 Å². The van der Waals surface area contributed by atoms with Crippen LogP contribution in [0.15, 0.2) is 64.2 Å². The molecular weight excluding hydrogens is 436 g/mol. The molecule has 0 fully saturated rings. The van der Waals surface area contributed by atoms with Gasteiger partial charge in [0.1, 0.15) is 0 Å². The van der Waals surface area contributed by atoms with E-state index in [-0.39, 0.29) is 5.56 Å². The number of para-hydroxylation sites is 1. The first-order valence-electron chi connectivity index (χ1n) is 9.30. The molecule has 0 aliphatic rings. The van der Waals surface area contributed by atoms with Crippen LogP contribution in [-0.4, -0.2) is 24.7 Å². The second-order valence-corrected chi connectivity index (χ2v) is 8.58. The van der Waals surface area contributed by atoms with Crippen molar-refractivity contribution in [2.24, 2.45) is 0 Å². The molecule has 8 nitrogen and oxygen atoms in total. The van der Waals surface area contributed by atoms with Crippen molar-refractivity contribution in [1.82, 2.24) is 24.7 Å². The molecule has 5 rings (SSSR count). The molecule has 0 aliphatic heterocycles. The number of benzene rings is 2. The van der Waals surface area contributed by atoms with Crippen LogP contribution in [0.2, 0.25) is 4.34 Å². The molecule has 0 atom stereocenters. The summed E-state index contributed by atoms with van der Waals surface area (Å²) >= 11 is 7.38. The van der Waals surface area contributed by atoms with Crippen LogP contribution in [0, 0.1) is 6.92 Å². The van der Waals surface area contributed by atoms with E-state index >= 15 is 0 Å². The van der Waals surface area contributed by atoms with Crippen LogP contribution < -0.4 is 16.6 Å². The van der Waals surface area contributed by atoms with Gasteiger partial charge in [-0.15, -0.1) is 21.5 Å². The van der Waals surface area contributed by atoms with Crippen molar-refractivity contribution in [2.75, 3.05) is 5.32 Å². The third-order valence-electron chi connectivity index (χ3n) is 4.80. The molecule has 2 aromatic carbocycles. The average Bonchev–Trinajstić information content (AvgIpc) is 3.38. The van der Waals surface area contributed by atoms with E-state index in [0.29, 0.717) is 32.7 Å². The molecule has 0 aliphatic carbocycles. The third kappa shape index (κ3) is 3.54. The molecule has 0 bridgehead atoms. The molecular formula is C21H15ClN6O2S. The van der Waals surface area contributed by atoms with Gasteiger partial charge in [0.25, 0.3) is 5.56 Å². The van der Waals surface area contributed by atoms with Crippen molar-refractivity contribution >= 4 is 45.5 Å². The Kier molecular flexibility index (Phi) is 4.68. The van der Waals surface area contributed by atoms with Crippen LogP contribution in [0.25, 0.3) is 27.3 Å². The van der Waals surface area contributed by atoms with Gasteiger partial charge in [-0.05, 0) is 55.0 Å². The number of hydrogen-bond acceptors (Lipinski definition) is 6. The molecule has 5 aromatic rings. The number of aromatic nitrogens is 5. The highest BCUT2D eigenvalue weighted by molar-refractivity contribution is 7.19. The van der Waals surface area contributed by atoms with Gasteiger partial charge in [-0.3, -0.25) is 4.79 Å². The minimum atomic E-state index is -0.484. The largest absolute Gasteiger partial charge is 0.333 e. The molecule has 0 unspecified atom stereocenters. The number of nitrogens with zero attached hydrogens (tertiary/aromatic N) is 3. The summed E-state index contributed by atoms with van der Waals surface area (Å²) < 4.78 is 1.82. The molecule has 0 amide bonds. The Morgan fingerprint density at radius 2 is 1.87 bits per heavy atom. The Hall–Kier alpha value is -3.69. The zero-order valence-electron chi connectivity index (χ0n) is 16.1. The monoisotopic (exact) mass is 450 g/mol. The normalized spacial score (nSPS) is 11.2. The van der Waals surface area contributed by atoms with Crippen LogP contribution in [0.5, 0.6) is 0 Å². The fourth-order valence-electron chi connectivity index (χ4n) is 3.37. The van der Waals surface area contributed by atoms with Crippen LogP contribution in [0.4, 0.5) is 11.6 Å². The second kappa shape index (κ2) is 7.53. The predicted molar refractivity (Wildman–Crippen MR) is 123 cm³/mol. The van der Waals surface area contributed by atoms with E-state index in [4.69, 9.17) is 11.6 Å². The number of rotatable bonds is 4. The molecule has 3 heterocycles. The number of nitrogens with one attached hydrogen (secondary N) is 3. The van der Waals surface area contributed by atoms with Crippen molar-refractivity contribution in [2.45, 2.75) is 6.92 Å². The first-order valence-corrected chi connectivity index (χ1v) is 10.5. The van der Waals surface area contributed by atoms with E-state index in [1.165, 1.54) is 11.3 Å². The van der Waals surface area contributed by atoms with Crippen LogP contribution in [-0.2, 0) is 0 Å². The third-order valence-corrected chi connectivity index (χ3v) is 6.04. The van der Waals surface area contributed by atoms with Gasteiger partial charge in [0, 0.05) is 5.69 Å².